The molecule has 0 bridgehead atoms. The fourth-order valence-electron chi connectivity index (χ4n) is 5.91. The molecular formula is C34H32N6O3. The van der Waals surface area contributed by atoms with Gasteiger partial charge in [0.2, 0.25) is 0 Å². The lowest BCUT2D eigenvalue weighted by atomic mass is 9.83. The smallest absolute Gasteiger partial charge is 0.334 e. The van der Waals surface area contributed by atoms with E-state index in [1.165, 1.54) is 23.9 Å². The molecule has 5 aromatic rings. The van der Waals surface area contributed by atoms with E-state index in [1.54, 1.807) is 56.6 Å². The molecule has 1 aliphatic rings. The quantitative estimate of drug-likeness (QED) is 0.196. The average Bonchev–Trinajstić information content (AvgIpc) is 3.82. The maximum Gasteiger partial charge on any atom is 0.342 e. The molecule has 3 heterocycles. The van der Waals surface area contributed by atoms with Crippen molar-refractivity contribution in [3.8, 4) is 17.3 Å². The predicted molar refractivity (Wildman–Crippen MR) is 161 cm³/mol. The van der Waals surface area contributed by atoms with E-state index in [1.807, 2.05) is 41.2 Å². The average molecular weight is 573 g/mol. The van der Waals surface area contributed by atoms with E-state index in [-0.39, 0.29) is 11.8 Å². The number of nitriles is 1. The third-order valence-corrected chi connectivity index (χ3v) is 8.48. The summed E-state index contributed by atoms with van der Waals surface area (Å²) in [6.07, 6.45) is 11.8. The summed E-state index contributed by atoms with van der Waals surface area (Å²) in [4.78, 5) is 41.3. The van der Waals surface area contributed by atoms with Crippen molar-refractivity contribution in [3.63, 3.8) is 0 Å². The third-order valence-electron chi connectivity index (χ3n) is 8.48. The van der Waals surface area contributed by atoms with Gasteiger partial charge in [0.05, 0.1) is 35.8 Å². The van der Waals surface area contributed by atoms with Gasteiger partial charge in [-0.05, 0) is 50.3 Å². The second-order valence-corrected chi connectivity index (χ2v) is 11.6. The number of ketones is 1. The van der Waals surface area contributed by atoms with Gasteiger partial charge in [0, 0.05) is 34.5 Å². The van der Waals surface area contributed by atoms with Gasteiger partial charge in [-0.3, -0.25) is 9.48 Å². The zero-order valence-electron chi connectivity index (χ0n) is 24.2. The Balaban J connectivity index is 1.24. The Bertz CT molecular complexity index is 1830. The molecule has 3 aromatic heterocycles. The molecule has 9 heteroatoms. The highest BCUT2D eigenvalue weighted by molar-refractivity contribution is 6.09. The van der Waals surface area contributed by atoms with Crippen LogP contribution in [0.1, 0.15) is 73.5 Å². The minimum atomic E-state index is -1.06. The largest absolute Gasteiger partial charge is 0.342 e. The zero-order valence-corrected chi connectivity index (χ0v) is 24.2. The lowest BCUT2D eigenvalue weighted by Crippen LogP contribution is -2.37. The van der Waals surface area contributed by atoms with Crippen molar-refractivity contribution in [2.45, 2.75) is 57.4 Å². The van der Waals surface area contributed by atoms with Crippen LogP contribution in [0.25, 0.3) is 22.3 Å². The van der Waals surface area contributed by atoms with Crippen molar-refractivity contribution < 1.29 is 14.4 Å². The number of carbonyl (C=O) groups is 2. The first-order valence-electron chi connectivity index (χ1n) is 14.5. The summed E-state index contributed by atoms with van der Waals surface area (Å²) in [5, 5.41) is 14.8. The van der Waals surface area contributed by atoms with Gasteiger partial charge >= 0.3 is 5.97 Å². The van der Waals surface area contributed by atoms with Gasteiger partial charge in [0.25, 0.3) is 0 Å². The molecule has 0 unspecified atom stereocenters. The summed E-state index contributed by atoms with van der Waals surface area (Å²) < 4.78 is 3.25. The van der Waals surface area contributed by atoms with Gasteiger partial charge in [-0.15, -0.1) is 0 Å². The first-order chi connectivity index (χ1) is 20.9. The van der Waals surface area contributed by atoms with Crippen molar-refractivity contribution >= 4 is 22.8 Å². The van der Waals surface area contributed by atoms with Crippen LogP contribution in [-0.2, 0) is 10.2 Å². The number of fused-ring (bicyclic) bond motifs is 1. The molecule has 0 aliphatic heterocycles. The van der Waals surface area contributed by atoms with Crippen molar-refractivity contribution in [2.75, 3.05) is 0 Å². The topological polar surface area (TPSA) is 116 Å². The Labute approximate surface area is 249 Å². The summed E-state index contributed by atoms with van der Waals surface area (Å²) in [5.74, 6) is -0.171. The molecular weight excluding hydrogens is 540 g/mol. The van der Waals surface area contributed by atoms with Crippen LogP contribution in [0.15, 0.2) is 85.6 Å². The second-order valence-electron chi connectivity index (χ2n) is 11.6. The number of carbonyl (C=O) groups excluding carboxylic acids is 2. The van der Waals surface area contributed by atoms with Crippen LogP contribution in [0.4, 0.5) is 0 Å². The van der Waals surface area contributed by atoms with Gasteiger partial charge in [-0.2, -0.15) is 15.1 Å². The molecule has 0 N–H and O–H groups in total. The number of nitrogens with zero attached hydrogens (tertiary/aromatic N) is 6. The fourth-order valence-corrected chi connectivity index (χ4v) is 5.91. The molecule has 1 atom stereocenters. The molecule has 216 valence electrons. The van der Waals surface area contributed by atoms with E-state index in [2.05, 4.69) is 21.1 Å². The monoisotopic (exact) mass is 572 g/mol. The molecule has 0 amide bonds. The number of rotatable bonds is 9. The van der Waals surface area contributed by atoms with E-state index >= 15 is 0 Å². The van der Waals surface area contributed by atoms with Crippen LogP contribution in [0.5, 0.6) is 0 Å². The van der Waals surface area contributed by atoms with Crippen LogP contribution >= 0.6 is 0 Å². The lowest BCUT2D eigenvalue weighted by Gasteiger charge is -2.23. The number of hydrogen-bond acceptors (Lipinski definition) is 7. The highest BCUT2D eigenvalue weighted by Crippen LogP contribution is 2.37. The van der Waals surface area contributed by atoms with E-state index in [0.717, 1.165) is 18.4 Å². The van der Waals surface area contributed by atoms with Crippen LogP contribution in [0, 0.1) is 17.2 Å². The zero-order chi connectivity index (χ0) is 30.0. The van der Waals surface area contributed by atoms with Crippen molar-refractivity contribution in [1.29, 1.82) is 5.26 Å². The Hall–Kier alpha value is -5.10. The van der Waals surface area contributed by atoms with Gasteiger partial charge < -0.3 is 4.84 Å². The lowest BCUT2D eigenvalue weighted by molar-refractivity contribution is -0.149. The molecule has 43 heavy (non-hydrogen) atoms. The van der Waals surface area contributed by atoms with Gasteiger partial charge in [-0.25, -0.2) is 14.8 Å². The molecule has 1 saturated carbocycles. The minimum absolute atomic E-state index is 0.0350. The van der Waals surface area contributed by atoms with Gasteiger partial charge in [-0.1, -0.05) is 61.4 Å². The van der Waals surface area contributed by atoms with E-state index in [9.17, 15) is 14.9 Å². The summed E-state index contributed by atoms with van der Waals surface area (Å²) >= 11 is 0. The minimum Gasteiger partial charge on any atom is -0.334 e. The summed E-state index contributed by atoms with van der Waals surface area (Å²) in [6.45, 7) is 3.54. The van der Waals surface area contributed by atoms with E-state index in [4.69, 9.17) is 4.84 Å². The highest BCUT2D eigenvalue weighted by Gasteiger charge is 2.34. The summed E-state index contributed by atoms with van der Waals surface area (Å²) in [7, 11) is 0. The normalized spacial score (nSPS) is 14.4. The highest BCUT2D eigenvalue weighted by atomic mass is 16.7. The standard InChI is InChI=1S/C34H32N6O3/c1-34(2,27-14-8-13-25(19-27)31(41)24-11-4-3-5-12-24)33(42)43-40-18-16-28-30(36-22-37-32(28)40)26-20-38-39(21-26)29(15-17-35)23-9-6-7-10-23/h3-5,8,11-14,16,18-23,29H,6-7,9-10,15H2,1-2H3/t29-/m1/s1. The summed E-state index contributed by atoms with van der Waals surface area (Å²) in [5.41, 5.74) is 2.60. The van der Waals surface area contributed by atoms with Gasteiger partial charge in [0.1, 0.15) is 6.33 Å². The van der Waals surface area contributed by atoms with Crippen molar-refractivity contribution in [3.05, 3.63) is 102 Å². The molecule has 0 spiro atoms. The Morgan fingerprint density at radius 1 is 1.05 bits per heavy atom. The predicted octanol–water partition coefficient (Wildman–Crippen LogP) is 6.10. The van der Waals surface area contributed by atoms with E-state index < -0.39 is 11.4 Å². The molecule has 1 fully saturated rings. The van der Waals surface area contributed by atoms with Gasteiger partial charge in [0.15, 0.2) is 11.4 Å². The van der Waals surface area contributed by atoms with Crippen molar-refractivity contribution in [1.82, 2.24) is 24.5 Å². The molecule has 1 aliphatic carbocycles. The maximum atomic E-state index is 13.5. The number of benzene rings is 2. The second kappa shape index (κ2) is 11.6. The first kappa shape index (κ1) is 28.0. The SMILES string of the molecule is CC(C)(C(=O)On1ccc2c(-c3cnn([C@H](CC#N)C4CCCC4)c3)ncnc21)c1cccc(C(=O)c2ccccc2)c1. The summed E-state index contributed by atoms with van der Waals surface area (Å²) in [6, 6.07) is 20.3. The Morgan fingerprint density at radius 3 is 2.58 bits per heavy atom. The maximum absolute atomic E-state index is 13.5. The van der Waals surface area contributed by atoms with Crippen LogP contribution in [-0.4, -0.2) is 36.2 Å². The Morgan fingerprint density at radius 2 is 1.81 bits per heavy atom. The molecule has 9 nitrogen and oxygen atoms in total. The molecule has 0 radical (unpaired) electrons. The number of hydrogen-bond donors (Lipinski definition) is 0. The fraction of sp³-hybridized carbons (Fsp3) is 0.294. The Kier molecular flexibility index (Phi) is 7.59. The first-order valence-corrected chi connectivity index (χ1v) is 14.5. The molecule has 0 saturated heterocycles. The van der Waals surface area contributed by atoms with Crippen LogP contribution in [0.3, 0.4) is 0 Å². The van der Waals surface area contributed by atoms with Crippen molar-refractivity contribution in [2.24, 2.45) is 5.92 Å². The molecule has 2 aromatic carbocycles. The molecule has 6 rings (SSSR count). The number of aromatic nitrogens is 5. The van der Waals surface area contributed by atoms with Crippen LogP contribution < -0.4 is 4.84 Å². The van der Waals surface area contributed by atoms with Crippen LogP contribution in [0.2, 0.25) is 0 Å². The van der Waals surface area contributed by atoms with E-state index in [0.29, 0.717) is 45.8 Å². The third kappa shape index (κ3) is 5.44.